The topological polar surface area (TPSA) is 64.3 Å². The maximum absolute atomic E-state index is 12.9. The zero-order valence-corrected chi connectivity index (χ0v) is 9.92. The van der Waals surface area contributed by atoms with Crippen LogP contribution in [0.1, 0.15) is 16.8 Å². The molecule has 0 aliphatic rings. The number of benzene rings is 1. The Kier molecular flexibility index (Phi) is 6.24. The second kappa shape index (κ2) is 7.73. The summed E-state index contributed by atoms with van der Waals surface area (Å²) >= 11 is 0. The van der Waals surface area contributed by atoms with Crippen molar-refractivity contribution in [1.82, 2.24) is 5.32 Å². The zero-order chi connectivity index (χ0) is 13.4. The van der Waals surface area contributed by atoms with E-state index in [4.69, 9.17) is 10.5 Å². The van der Waals surface area contributed by atoms with Crippen molar-refractivity contribution < 1.29 is 18.3 Å². The standard InChI is InChI=1S/C12H16F2N2O2/c13-10-3-2-9(8-11(10)14)12(17)16-5-1-6-18-7-4-15/h2-3,8H,1,4-7,15H2,(H,16,17). The second-order valence-corrected chi connectivity index (χ2v) is 3.64. The van der Waals surface area contributed by atoms with Gasteiger partial charge in [-0.15, -0.1) is 0 Å². The van der Waals surface area contributed by atoms with Crippen molar-refractivity contribution in [3.8, 4) is 0 Å². The third-order valence-corrected chi connectivity index (χ3v) is 2.19. The van der Waals surface area contributed by atoms with Gasteiger partial charge in [0.2, 0.25) is 0 Å². The smallest absolute Gasteiger partial charge is 0.251 e. The third kappa shape index (κ3) is 4.77. The Labute approximate surface area is 104 Å². The number of hydrogen-bond donors (Lipinski definition) is 2. The molecule has 0 atom stereocenters. The van der Waals surface area contributed by atoms with Gasteiger partial charge in [-0.25, -0.2) is 8.78 Å². The van der Waals surface area contributed by atoms with Crippen LogP contribution >= 0.6 is 0 Å². The molecule has 100 valence electrons. The molecule has 0 aliphatic carbocycles. The van der Waals surface area contributed by atoms with Crippen LogP contribution in [0.3, 0.4) is 0 Å². The van der Waals surface area contributed by atoms with Gasteiger partial charge in [0.1, 0.15) is 0 Å². The highest BCUT2D eigenvalue weighted by Crippen LogP contribution is 2.08. The fourth-order valence-corrected chi connectivity index (χ4v) is 1.30. The summed E-state index contributed by atoms with van der Waals surface area (Å²) in [6.45, 7) is 1.84. The number of carbonyl (C=O) groups is 1. The van der Waals surface area contributed by atoms with E-state index in [0.717, 1.165) is 12.1 Å². The molecule has 0 heterocycles. The quantitative estimate of drug-likeness (QED) is 0.719. The minimum absolute atomic E-state index is 0.0942. The van der Waals surface area contributed by atoms with Crippen LogP contribution in [0, 0.1) is 11.6 Å². The van der Waals surface area contributed by atoms with Crippen LogP contribution < -0.4 is 11.1 Å². The van der Waals surface area contributed by atoms with Crippen molar-refractivity contribution in [2.75, 3.05) is 26.3 Å². The molecule has 1 rings (SSSR count). The lowest BCUT2D eigenvalue weighted by atomic mass is 10.2. The van der Waals surface area contributed by atoms with Gasteiger partial charge in [0.15, 0.2) is 11.6 Å². The minimum atomic E-state index is -1.03. The lowest BCUT2D eigenvalue weighted by Gasteiger charge is -2.06. The van der Waals surface area contributed by atoms with Gasteiger partial charge in [0.25, 0.3) is 5.91 Å². The summed E-state index contributed by atoms with van der Waals surface area (Å²) < 4.78 is 30.7. The lowest BCUT2D eigenvalue weighted by molar-refractivity contribution is 0.0942. The Morgan fingerprint density at radius 1 is 1.28 bits per heavy atom. The van der Waals surface area contributed by atoms with Crippen molar-refractivity contribution in [2.45, 2.75) is 6.42 Å². The van der Waals surface area contributed by atoms with E-state index >= 15 is 0 Å². The van der Waals surface area contributed by atoms with Gasteiger partial charge in [0, 0.05) is 25.3 Å². The number of amides is 1. The van der Waals surface area contributed by atoms with E-state index in [-0.39, 0.29) is 5.56 Å². The number of ether oxygens (including phenoxy) is 1. The molecule has 0 aliphatic heterocycles. The van der Waals surface area contributed by atoms with Crippen molar-refractivity contribution in [2.24, 2.45) is 5.73 Å². The van der Waals surface area contributed by atoms with E-state index in [9.17, 15) is 13.6 Å². The predicted molar refractivity (Wildman–Crippen MR) is 63.2 cm³/mol. The number of nitrogens with one attached hydrogen (secondary N) is 1. The SMILES string of the molecule is NCCOCCCNC(=O)c1ccc(F)c(F)c1. The van der Waals surface area contributed by atoms with Gasteiger partial charge in [-0.05, 0) is 24.6 Å². The third-order valence-electron chi connectivity index (χ3n) is 2.19. The monoisotopic (exact) mass is 258 g/mol. The van der Waals surface area contributed by atoms with E-state index in [2.05, 4.69) is 5.32 Å². The van der Waals surface area contributed by atoms with Crippen LogP contribution in [-0.4, -0.2) is 32.2 Å². The second-order valence-electron chi connectivity index (χ2n) is 3.64. The number of hydrogen-bond acceptors (Lipinski definition) is 3. The van der Waals surface area contributed by atoms with Crippen molar-refractivity contribution >= 4 is 5.91 Å². The molecule has 0 saturated carbocycles. The predicted octanol–water partition coefficient (Wildman–Crippen LogP) is 1.06. The van der Waals surface area contributed by atoms with Crippen molar-refractivity contribution in [1.29, 1.82) is 0 Å². The number of nitrogens with two attached hydrogens (primary N) is 1. The molecule has 0 aromatic heterocycles. The van der Waals surface area contributed by atoms with E-state index in [1.54, 1.807) is 0 Å². The maximum atomic E-state index is 12.9. The molecular formula is C12H16F2N2O2. The molecule has 1 aromatic carbocycles. The highest BCUT2D eigenvalue weighted by molar-refractivity contribution is 5.94. The van der Waals surface area contributed by atoms with Gasteiger partial charge in [-0.3, -0.25) is 4.79 Å². The molecule has 0 unspecified atom stereocenters. The summed E-state index contributed by atoms with van der Waals surface area (Å²) in [7, 11) is 0. The number of carbonyl (C=O) groups excluding carboxylic acids is 1. The minimum Gasteiger partial charge on any atom is -0.380 e. The maximum Gasteiger partial charge on any atom is 0.251 e. The number of halogens is 2. The Morgan fingerprint density at radius 3 is 2.72 bits per heavy atom. The molecule has 0 radical (unpaired) electrons. The molecule has 6 heteroatoms. The van der Waals surface area contributed by atoms with Gasteiger partial charge in [-0.1, -0.05) is 0 Å². The summed E-state index contributed by atoms with van der Waals surface area (Å²) in [6.07, 6.45) is 0.634. The number of rotatable bonds is 7. The fourth-order valence-electron chi connectivity index (χ4n) is 1.30. The molecule has 0 saturated heterocycles. The van der Waals surface area contributed by atoms with E-state index in [1.165, 1.54) is 6.07 Å². The molecule has 1 aromatic rings. The van der Waals surface area contributed by atoms with Crippen LogP contribution in [0.25, 0.3) is 0 Å². The van der Waals surface area contributed by atoms with Crippen molar-refractivity contribution in [3.63, 3.8) is 0 Å². The first-order chi connectivity index (χ1) is 8.65. The summed E-state index contributed by atoms with van der Waals surface area (Å²) in [6, 6.07) is 3.03. The summed E-state index contributed by atoms with van der Waals surface area (Å²) in [5, 5.41) is 2.58. The molecule has 18 heavy (non-hydrogen) atoms. The van der Waals surface area contributed by atoms with Gasteiger partial charge >= 0.3 is 0 Å². The largest absolute Gasteiger partial charge is 0.380 e. The summed E-state index contributed by atoms with van der Waals surface area (Å²) in [5.41, 5.74) is 5.33. The van der Waals surface area contributed by atoms with Crippen molar-refractivity contribution in [3.05, 3.63) is 35.4 Å². The highest BCUT2D eigenvalue weighted by Gasteiger charge is 2.08. The van der Waals surface area contributed by atoms with Gasteiger partial charge in [-0.2, -0.15) is 0 Å². The van der Waals surface area contributed by atoms with E-state index < -0.39 is 17.5 Å². The Balaban J connectivity index is 2.30. The van der Waals surface area contributed by atoms with Crippen LogP contribution in [0.2, 0.25) is 0 Å². The van der Waals surface area contributed by atoms with Crippen LogP contribution in [0.15, 0.2) is 18.2 Å². The first-order valence-electron chi connectivity index (χ1n) is 5.66. The Hall–Kier alpha value is -1.53. The highest BCUT2D eigenvalue weighted by atomic mass is 19.2. The average Bonchev–Trinajstić information content (AvgIpc) is 2.36. The summed E-state index contributed by atoms with van der Waals surface area (Å²) in [4.78, 5) is 11.5. The molecule has 4 nitrogen and oxygen atoms in total. The van der Waals surface area contributed by atoms with Gasteiger partial charge < -0.3 is 15.8 Å². The zero-order valence-electron chi connectivity index (χ0n) is 9.92. The van der Waals surface area contributed by atoms with Crippen LogP contribution in [0.4, 0.5) is 8.78 Å². The Bertz CT molecular complexity index is 400. The molecule has 0 fully saturated rings. The first kappa shape index (κ1) is 14.5. The Morgan fingerprint density at radius 2 is 2.06 bits per heavy atom. The molecular weight excluding hydrogens is 242 g/mol. The van der Waals surface area contributed by atoms with E-state index in [1.807, 2.05) is 0 Å². The molecule has 3 N–H and O–H groups in total. The molecule has 1 amide bonds. The molecule has 0 spiro atoms. The fraction of sp³-hybridized carbons (Fsp3) is 0.417. The normalized spacial score (nSPS) is 10.4. The molecule has 0 bridgehead atoms. The van der Waals surface area contributed by atoms with Gasteiger partial charge in [0.05, 0.1) is 6.61 Å². The van der Waals surface area contributed by atoms with Crippen LogP contribution in [-0.2, 0) is 4.74 Å². The first-order valence-corrected chi connectivity index (χ1v) is 5.66. The lowest BCUT2D eigenvalue weighted by Crippen LogP contribution is -2.25. The summed E-state index contributed by atoms with van der Waals surface area (Å²) in [5.74, 6) is -2.44. The average molecular weight is 258 g/mol. The van der Waals surface area contributed by atoms with E-state index in [0.29, 0.717) is 32.7 Å². The van der Waals surface area contributed by atoms with Crippen LogP contribution in [0.5, 0.6) is 0 Å².